The van der Waals surface area contributed by atoms with Crippen molar-refractivity contribution < 1.29 is 4.79 Å². The standard InChI is InChI=1S/C14H25N3O/c18-14(16-8-1-6-15-7-9-16)11-17(13-4-5-13)10-12-2-3-12/h12-13,15H,1-11H2. The highest BCUT2D eigenvalue weighted by molar-refractivity contribution is 5.78. The van der Waals surface area contributed by atoms with Gasteiger partial charge in [0.25, 0.3) is 0 Å². The fourth-order valence-corrected chi connectivity index (χ4v) is 2.78. The summed E-state index contributed by atoms with van der Waals surface area (Å²) in [4.78, 5) is 16.9. The van der Waals surface area contributed by atoms with E-state index in [0.29, 0.717) is 12.5 Å². The van der Waals surface area contributed by atoms with E-state index in [4.69, 9.17) is 0 Å². The Morgan fingerprint density at radius 1 is 1.17 bits per heavy atom. The number of nitrogens with zero attached hydrogens (tertiary/aromatic N) is 2. The number of nitrogens with one attached hydrogen (secondary N) is 1. The zero-order valence-corrected chi connectivity index (χ0v) is 11.2. The summed E-state index contributed by atoms with van der Waals surface area (Å²) in [5.74, 6) is 1.25. The monoisotopic (exact) mass is 251 g/mol. The van der Waals surface area contributed by atoms with E-state index in [2.05, 4.69) is 15.1 Å². The molecule has 0 aromatic rings. The average Bonchev–Trinajstić information content (AvgIpc) is 3.18. The second kappa shape index (κ2) is 5.57. The third kappa shape index (κ3) is 3.45. The number of carbonyl (C=O) groups excluding carboxylic acids is 1. The summed E-state index contributed by atoms with van der Waals surface area (Å²) in [7, 11) is 0. The van der Waals surface area contributed by atoms with Crippen LogP contribution in [0.1, 0.15) is 32.1 Å². The van der Waals surface area contributed by atoms with E-state index in [1.165, 1.54) is 32.2 Å². The molecule has 18 heavy (non-hydrogen) atoms. The Morgan fingerprint density at radius 2 is 2.00 bits per heavy atom. The van der Waals surface area contributed by atoms with Crippen molar-refractivity contribution in [2.75, 3.05) is 39.3 Å². The van der Waals surface area contributed by atoms with Crippen LogP contribution < -0.4 is 5.32 Å². The van der Waals surface area contributed by atoms with E-state index in [0.717, 1.165) is 44.6 Å². The molecule has 4 nitrogen and oxygen atoms in total. The zero-order chi connectivity index (χ0) is 12.4. The van der Waals surface area contributed by atoms with Crippen LogP contribution in [0.5, 0.6) is 0 Å². The largest absolute Gasteiger partial charge is 0.340 e. The second-order valence-electron chi connectivity index (χ2n) is 6.09. The van der Waals surface area contributed by atoms with Crippen LogP contribution in [0.25, 0.3) is 0 Å². The van der Waals surface area contributed by atoms with Gasteiger partial charge in [0, 0.05) is 32.2 Å². The average molecular weight is 251 g/mol. The molecule has 0 bridgehead atoms. The highest BCUT2D eigenvalue weighted by atomic mass is 16.2. The normalized spacial score (nSPS) is 25.3. The van der Waals surface area contributed by atoms with Crippen molar-refractivity contribution in [1.82, 2.24) is 15.1 Å². The second-order valence-corrected chi connectivity index (χ2v) is 6.09. The molecular weight excluding hydrogens is 226 g/mol. The van der Waals surface area contributed by atoms with Gasteiger partial charge < -0.3 is 10.2 Å². The molecule has 1 amide bonds. The van der Waals surface area contributed by atoms with Crippen LogP contribution in [0, 0.1) is 5.92 Å². The Morgan fingerprint density at radius 3 is 2.72 bits per heavy atom. The predicted octanol–water partition coefficient (Wildman–Crippen LogP) is 0.683. The quantitative estimate of drug-likeness (QED) is 0.780. The lowest BCUT2D eigenvalue weighted by atomic mass is 10.3. The first kappa shape index (κ1) is 12.4. The molecule has 0 aromatic carbocycles. The maximum absolute atomic E-state index is 12.4. The Kier molecular flexibility index (Phi) is 3.85. The summed E-state index contributed by atoms with van der Waals surface area (Å²) in [6.45, 7) is 5.67. The van der Waals surface area contributed by atoms with E-state index in [-0.39, 0.29) is 0 Å². The van der Waals surface area contributed by atoms with Crippen molar-refractivity contribution in [1.29, 1.82) is 0 Å². The first-order chi connectivity index (χ1) is 8.83. The van der Waals surface area contributed by atoms with Gasteiger partial charge in [0.05, 0.1) is 6.54 Å². The molecule has 3 aliphatic rings. The lowest BCUT2D eigenvalue weighted by Crippen LogP contribution is -2.43. The van der Waals surface area contributed by atoms with Gasteiger partial charge >= 0.3 is 0 Å². The molecule has 0 atom stereocenters. The van der Waals surface area contributed by atoms with Crippen molar-refractivity contribution >= 4 is 5.91 Å². The fourth-order valence-electron chi connectivity index (χ4n) is 2.78. The van der Waals surface area contributed by atoms with Gasteiger partial charge in [-0.1, -0.05) is 0 Å². The summed E-state index contributed by atoms with van der Waals surface area (Å²) in [5.41, 5.74) is 0. The van der Waals surface area contributed by atoms with Crippen LogP contribution in [0.2, 0.25) is 0 Å². The lowest BCUT2D eigenvalue weighted by Gasteiger charge is -2.26. The lowest BCUT2D eigenvalue weighted by molar-refractivity contribution is -0.132. The molecular formula is C14H25N3O. The van der Waals surface area contributed by atoms with E-state index < -0.39 is 0 Å². The Balaban J connectivity index is 1.50. The summed E-state index contributed by atoms with van der Waals surface area (Å²) >= 11 is 0. The van der Waals surface area contributed by atoms with Crippen molar-refractivity contribution in [2.24, 2.45) is 5.92 Å². The third-order valence-corrected chi connectivity index (χ3v) is 4.28. The Bertz CT molecular complexity index is 291. The maximum atomic E-state index is 12.4. The van der Waals surface area contributed by atoms with Crippen LogP contribution in [0.3, 0.4) is 0 Å². The smallest absolute Gasteiger partial charge is 0.236 e. The van der Waals surface area contributed by atoms with E-state index in [1.807, 2.05) is 0 Å². The molecule has 1 N–H and O–H groups in total. The molecule has 3 rings (SSSR count). The predicted molar refractivity (Wildman–Crippen MR) is 71.4 cm³/mol. The number of carbonyl (C=O) groups is 1. The van der Waals surface area contributed by atoms with Gasteiger partial charge in [-0.05, 0) is 44.6 Å². The van der Waals surface area contributed by atoms with Crippen LogP contribution in [-0.4, -0.2) is 61.0 Å². The third-order valence-electron chi connectivity index (χ3n) is 4.28. The number of hydrogen-bond acceptors (Lipinski definition) is 3. The van der Waals surface area contributed by atoms with E-state index in [9.17, 15) is 4.79 Å². The molecule has 0 spiro atoms. The molecule has 102 valence electrons. The molecule has 3 fully saturated rings. The molecule has 0 aromatic heterocycles. The van der Waals surface area contributed by atoms with Crippen molar-refractivity contribution in [3.8, 4) is 0 Å². The van der Waals surface area contributed by atoms with Crippen LogP contribution in [0.4, 0.5) is 0 Å². The summed E-state index contributed by atoms with van der Waals surface area (Å²) in [5, 5.41) is 3.36. The Labute approximate surface area is 110 Å². The van der Waals surface area contributed by atoms with Gasteiger partial charge in [-0.15, -0.1) is 0 Å². The van der Waals surface area contributed by atoms with Gasteiger partial charge in [-0.3, -0.25) is 9.69 Å². The zero-order valence-electron chi connectivity index (χ0n) is 11.2. The molecule has 1 aliphatic heterocycles. The van der Waals surface area contributed by atoms with Crippen molar-refractivity contribution in [3.63, 3.8) is 0 Å². The highest BCUT2D eigenvalue weighted by Crippen LogP contribution is 2.34. The molecule has 2 saturated carbocycles. The van der Waals surface area contributed by atoms with Gasteiger partial charge in [0.2, 0.25) is 5.91 Å². The van der Waals surface area contributed by atoms with Crippen LogP contribution in [-0.2, 0) is 4.79 Å². The molecule has 0 radical (unpaired) electrons. The highest BCUT2D eigenvalue weighted by Gasteiger charge is 2.35. The van der Waals surface area contributed by atoms with Gasteiger partial charge in [-0.2, -0.15) is 0 Å². The van der Waals surface area contributed by atoms with Gasteiger partial charge in [-0.25, -0.2) is 0 Å². The number of hydrogen-bond donors (Lipinski definition) is 1. The van der Waals surface area contributed by atoms with E-state index in [1.54, 1.807) is 0 Å². The minimum absolute atomic E-state index is 0.353. The van der Waals surface area contributed by atoms with Crippen LogP contribution >= 0.6 is 0 Å². The number of rotatable bonds is 5. The minimum atomic E-state index is 0.353. The first-order valence-corrected chi connectivity index (χ1v) is 7.55. The summed E-state index contributed by atoms with van der Waals surface area (Å²) in [6.07, 6.45) is 6.47. The van der Waals surface area contributed by atoms with Gasteiger partial charge in [0.1, 0.15) is 0 Å². The Hall–Kier alpha value is -0.610. The molecule has 2 aliphatic carbocycles. The molecule has 4 heteroatoms. The maximum Gasteiger partial charge on any atom is 0.236 e. The summed E-state index contributed by atoms with van der Waals surface area (Å²) < 4.78 is 0. The molecule has 1 saturated heterocycles. The minimum Gasteiger partial charge on any atom is -0.340 e. The first-order valence-electron chi connectivity index (χ1n) is 7.55. The van der Waals surface area contributed by atoms with Gasteiger partial charge in [0.15, 0.2) is 0 Å². The van der Waals surface area contributed by atoms with Crippen molar-refractivity contribution in [3.05, 3.63) is 0 Å². The van der Waals surface area contributed by atoms with E-state index >= 15 is 0 Å². The van der Waals surface area contributed by atoms with Crippen molar-refractivity contribution in [2.45, 2.75) is 38.1 Å². The fraction of sp³-hybridized carbons (Fsp3) is 0.929. The topological polar surface area (TPSA) is 35.6 Å². The van der Waals surface area contributed by atoms with Crippen LogP contribution in [0.15, 0.2) is 0 Å². The molecule has 0 unspecified atom stereocenters. The summed E-state index contributed by atoms with van der Waals surface area (Å²) in [6, 6.07) is 0.722. The number of amides is 1. The SMILES string of the molecule is O=C(CN(CC1CC1)C1CC1)N1CCCNCC1. The molecule has 1 heterocycles.